The molecule has 0 aliphatic carbocycles. The minimum Gasteiger partial charge on any atom is -0.334 e. The molecule has 1 unspecified atom stereocenters. The zero-order chi connectivity index (χ0) is 12.3. The third kappa shape index (κ3) is 2.69. The fourth-order valence-electron chi connectivity index (χ4n) is 2.30. The molecule has 17 heavy (non-hydrogen) atoms. The molecule has 1 aromatic carbocycles. The van der Waals surface area contributed by atoms with Gasteiger partial charge in [0.2, 0.25) is 0 Å². The first-order valence-corrected chi connectivity index (χ1v) is 6.79. The highest BCUT2D eigenvalue weighted by Crippen LogP contribution is 2.23. The molecule has 1 amide bonds. The fourth-order valence-corrected chi connectivity index (χ4v) is 2.76. The van der Waals surface area contributed by atoms with E-state index in [4.69, 9.17) is 5.73 Å². The van der Waals surface area contributed by atoms with E-state index in [0.717, 1.165) is 29.4 Å². The van der Waals surface area contributed by atoms with Crippen LogP contribution in [0.2, 0.25) is 0 Å². The maximum Gasteiger partial charge on any atom is 0.255 e. The number of piperidine rings is 1. The molecular formula is C13H17BrN2O. The molecule has 1 aliphatic heterocycles. The van der Waals surface area contributed by atoms with Crippen LogP contribution in [-0.4, -0.2) is 29.9 Å². The van der Waals surface area contributed by atoms with Gasteiger partial charge in [0, 0.05) is 23.6 Å². The zero-order valence-electron chi connectivity index (χ0n) is 9.73. The topological polar surface area (TPSA) is 46.3 Å². The molecule has 1 fully saturated rings. The zero-order valence-corrected chi connectivity index (χ0v) is 11.3. The van der Waals surface area contributed by atoms with Crippen LogP contribution in [0.15, 0.2) is 28.7 Å². The van der Waals surface area contributed by atoms with E-state index in [1.54, 1.807) is 0 Å². The molecule has 1 aromatic rings. The van der Waals surface area contributed by atoms with Gasteiger partial charge in [-0.15, -0.1) is 0 Å². The molecule has 0 aromatic heterocycles. The van der Waals surface area contributed by atoms with Gasteiger partial charge in [0.25, 0.3) is 5.91 Å². The average molecular weight is 297 g/mol. The number of carbonyl (C=O) groups is 1. The number of benzene rings is 1. The number of hydrogen-bond acceptors (Lipinski definition) is 2. The van der Waals surface area contributed by atoms with Crippen LogP contribution >= 0.6 is 15.9 Å². The van der Waals surface area contributed by atoms with E-state index >= 15 is 0 Å². The van der Waals surface area contributed by atoms with Crippen molar-refractivity contribution in [1.82, 2.24) is 4.90 Å². The molecule has 3 nitrogen and oxygen atoms in total. The summed E-state index contributed by atoms with van der Waals surface area (Å²) < 4.78 is 0.853. The monoisotopic (exact) mass is 296 g/mol. The molecule has 4 heteroatoms. The van der Waals surface area contributed by atoms with Crippen molar-refractivity contribution in [1.29, 1.82) is 0 Å². The number of halogens is 1. The lowest BCUT2D eigenvalue weighted by Gasteiger charge is -2.35. The minimum atomic E-state index is 0.0904. The van der Waals surface area contributed by atoms with Crippen molar-refractivity contribution in [3.63, 3.8) is 0 Å². The summed E-state index contributed by atoms with van der Waals surface area (Å²) in [4.78, 5) is 14.4. The van der Waals surface area contributed by atoms with Gasteiger partial charge in [0.1, 0.15) is 0 Å². The molecule has 0 spiro atoms. The predicted molar refractivity (Wildman–Crippen MR) is 71.9 cm³/mol. The van der Waals surface area contributed by atoms with E-state index < -0.39 is 0 Å². The van der Waals surface area contributed by atoms with E-state index in [0.29, 0.717) is 6.54 Å². The first kappa shape index (κ1) is 12.6. The summed E-state index contributed by atoms with van der Waals surface area (Å²) in [6, 6.07) is 7.75. The lowest BCUT2D eigenvalue weighted by molar-refractivity contribution is 0.0622. The largest absolute Gasteiger partial charge is 0.334 e. The van der Waals surface area contributed by atoms with Gasteiger partial charge >= 0.3 is 0 Å². The third-order valence-corrected chi connectivity index (χ3v) is 3.96. The maximum absolute atomic E-state index is 12.4. The van der Waals surface area contributed by atoms with Gasteiger partial charge in [-0.1, -0.05) is 12.1 Å². The van der Waals surface area contributed by atoms with E-state index in [1.807, 2.05) is 29.2 Å². The van der Waals surface area contributed by atoms with Crippen LogP contribution in [-0.2, 0) is 0 Å². The Hall–Kier alpha value is -0.870. The number of nitrogens with zero attached hydrogens (tertiary/aromatic N) is 1. The molecule has 2 rings (SSSR count). The number of likely N-dealkylation sites (tertiary alicyclic amines) is 1. The second-order valence-corrected chi connectivity index (χ2v) is 5.22. The Morgan fingerprint density at radius 2 is 2.18 bits per heavy atom. The molecule has 1 heterocycles. The van der Waals surface area contributed by atoms with Gasteiger partial charge < -0.3 is 10.6 Å². The van der Waals surface area contributed by atoms with E-state index in [1.165, 1.54) is 6.42 Å². The van der Waals surface area contributed by atoms with E-state index in [2.05, 4.69) is 15.9 Å². The van der Waals surface area contributed by atoms with E-state index in [-0.39, 0.29) is 11.9 Å². The maximum atomic E-state index is 12.4. The Morgan fingerprint density at radius 3 is 2.88 bits per heavy atom. The Morgan fingerprint density at radius 1 is 1.41 bits per heavy atom. The van der Waals surface area contributed by atoms with Crippen LogP contribution in [0.1, 0.15) is 29.6 Å². The van der Waals surface area contributed by atoms with Crippen LogP contribution in [0.25, 0.3) is 0 Å². The second kappa shape index (κ2) is 5.65. The highest BCUT2D eigenvalue weighted by Gasteiger charge is 2.27. The molecule has 0 saturated carbocycles. The summed E-state index contributed by atoms with van der Waals surface area (Å²) in [5.74, 6) is 0.0904. The van der Waals surface area contributed by atoms with Crippen LogP contribution in [0.5, 0.6) is 0 Å². The summed E-state index contributed by atoms with van der Waals surface area (Å²) in [7, 11) is 0. The highest BCUT2D eigenvalue weighted by atomic mass is 79.9. The second-order valence-electron chi connectivity index (χ2n) is 4.36. The summed E-state index contributed by atoms with van der Waals surface area (Å²) >= 11 is 3.43. The molecule has 0 bridgehead atoms. The minimum absolute atomic E-state index is 0.0904. The Labute approximate surface area is 110 Å². The molecule has 92 valence electrons. The van der Waals surface area contributed by atoms with Crippen LogP contribution in [0, 0.1) is 0 Å². The molecule has 1 saturated heterocycles. The normalized spacial score (nSPS) is 20.4. The SMILES string of the molecule is NCC1CCCCN1C(=O)c1ccccc1Br. The van der Waals surface area contributed by atoms with Crippen molar-refractivity contribution in [2.24, 2.45) is 5.73 Å². The summed E-state index contributed by atoms with van der Waals surface area (Å²) in [6.07, 6.45) is 3.26. The van der Waals surface area contributed by atoms with Crippen molar-refractivity contribution in [2.75, 3.05) is 13.1 Å². The molecule has 2 N–H and O–H groups in total. The smallest absolute Gasteiger partial charge is 0.255 e. The molecule has 1 atom stereocenters. The standard InChI is InChI=1S/C13H17BrN2O/c14-12-7-2-1-6-11(12)13(17)16-8-4-3-5-10(16)9-15/h1-2,6-7,10H,3-5,8-9,15H2. The Balaban J connectivity index is 2.21. The molecular weight excluding hydrogens is 280 g/mol. The van der Waals surface area contributed by atoms with Gasteiger partial charge in [-0.25, -0.2) is 0 Å². The Kier molecular flexibility index (Phi) is 4.18. The summed E-state index contributed by atoms with van der Waals surface area (Å²) in [5, 5.41) is 0. The fraction of sp³-hybridized carbons (Fsp3) is 0.462. The van der Waals surface area contributed by atoms with Crippen LogP contribution in [0.4, 0.5) is 0 Å². The number of nitrogens with two attached hydrogens (primary N) is 1. The molecule has 1 aliphatic rings. The summed E-state index contributed by atoms with van der Waals surface area (Å²) in [6.45, 7) is 1.37. The van der Waals surface area contributed by atoms with Crippen LogP contribution < -0.4 is 5.73 Å². The van der Waals surface area contributed by atoms with Gasteiger partial charge in [-0.05, 0) is 47.3 Å². The van der Waals surface area contributed by atoms with Crippen molar-refractivity contribution in [3.05, 3.63) is 34.3 Å². The van der Waals surface area contributed by atoms with E-state index in [9.17, 15) is 4.79 Å². The third-order valence-electron chi connectivity index (χ3n) is 3.26. The first-order chi connectivity index (χ1) is 8.24. The predicted octanol–water partition coefficient (Wildman–Crippen LogP) is 2.40. The summed E-state index contributed by atoms with van der Waals surface area (Å²) in [5.41, 5.74) is 6.47. The van der Waals surface area contributed by atoms with Crippen molar-refractivity contribution >= 4 is 21.8 Å². The quantitative estimate of drug-likeness (QED) is 0.911. The number of amides is 1. The lowest BCUT2D eigenvalue weighted by atomic mass is 10.0. The van der Waals surface area contributed by atoms with Gasteiger partial charge in [0.05, 0.1) is 5.56 Å². The van der Waals surface area contributed by atoms with Crippen molar-refractivity contribution in [2.45, 2.75) is 25.3 Å². The highest BCUT2D eigenvalue weighted by molar-refractivity contribution is 9.10. The number of carbonyl (C=O) groups excluding carboxylic acids is 1. The van der Waals surface area contributed by atoms with Gasteiger partial charge in [0.15, 0.2) is 0 Å². The first-order valence-electron chi connectivity index (χ1n) is 5.99. The Bertz CT molecular complexity index is 408. The van der Waals surface area contributed by atoms with Crippen molar-refractivity contribution in [3.8, 4) is 0 Å². The van der Waals surface area contributed by atoms with Gasteiger partial charge in [-0.3, -0.25) is 4.79 Å². The van der Waals surface area contributed by atoms with Crippen LogP contribution in [0.3, 0.4) is 0 Å². The lowest BCUT2D eigenvalue weighted by Crippen LogP contribution is -2.47. The number of rotatable bonds is 2. The van der Waals surface area contributed by atoms with Crippen molar-refractivity contribution < 1.29 is 4.79 Å². The molecule has 0 radical (unpaired) electrons. The number of hydrogen-bond donors (Lipinski definition) is 1. The average Bonchev–Trinajstić information content (AvgIpc) is 2.38. The van der Waals surface area contributed by atoms with Gasteiger partial charge in [-0.2, -0.15) is 0 Å².